The van der Waals surface area contributed by atoms with Gasteiger partial charge in [-0.1, -0.05) is 30.3 Å². The molecule has 0 bridgehead atoms. The molecule has 2 atom stereocenters. The van der Waals surface area contributed by atoms with Crippen molar-refractivity contribution in [1.82, 2.24) is 4.90 Å². The second-order valence-electron chi connectivity index (χ2n) is 6.58. The molecule has 7 nitrogen and oxygen atoms in total. The van der Waals surface area contributed by atoms with Crippen molar-refractivity contribution >= 4 is 21.7 Å². The average Bonchev–Trinajstić information content (AvgIpc) is 3.27. The summed E-state index contributed by atoms with van der Waals surface area (Å²) in [6.45, 7) is 1.46. The third kappa shape index (κ3) is 4.21. The zero-order valence-corrected chi connectivity index (χ0v) is 15.9. The Balaban J connectivity index is 1.68. The van der Waals surface area contributed by atoms with Crippen molar-refractivity contribution in [3.8, 4) is 11.1 Å². The zero-order valence-electron chi connectivity index (χ0n) is 15.1. The van der Waals surface area contributed by atoms with Gasteiger partial charge in [0.05, 0.1) is 17.8 Å². The quantitative estimate of drug-likeness (QED) is 0.725. The summed E-state index contributed by atoms with van der Waals surface area (Å²) in [4.78, 5) is 26.4. The number of hydrogen-bond acceptors (Lipinski definition) is 6. The molecule has 1 aliphatic heterocycles. The number of carbonyl (C=O) groups is 2. The van der Waals surface area contributed by atoms with Crippen molar-refractivity contribution in [3.05, 3.63) is 48.4 Å². The Kier molecular flexibility index (Phi) is 5.36. The normalized spacial score (nSPS) is 19.4. The number of esters is 1. The van der Waals surface area contributed by atoms with E-state index in [1.54, 1.807) is 6.07 Å². The van der Waals surface area contributed by atoms with Crippen molar-refractivity contribution in [2.75, 3.05) is 18.6 Å². The Bertz CT molecular complexity index is 934. The van der Waals surface area contributed by atoms with Gasteiger partial charge in [-0.3, -0.25) is 4.79 Å². The Labute approximate surface area is 157 Å². The Morgan fingerprint density at radius 2 is 1.93 bits per heavy atom. The van der Waals surface area contributed by atoms with Gasteiger partial charge in [-0.05, 0) is 25.0 Å². The van der Waals surface area contributed by atoms with E-state index in [1.807, 2.05) is 30.3 Å². The monoisotopic (exact) mass is 391 g/mol. The molecule has 2 aromatic rings. The van der Waals surface area contributed by atoms with Gasteiger partial charge in [0.25, 0.3) is 5.91 Å². The van der Waals surface area contributed by atoms with E-state index in [-0.39, 0.29) is 17.3 Å². The molecule has 8 heteroatoms. The minimum absolute atomic E-state index is 0.0203. The fourth-order valence-corrected chi connectivity index (χ4v) is 4.90. The molecule has 0 radical (unpaired) electrons. The van der Waals surface area contributed by atoms with Crippen molar-refractivity contribution in [1.29, 1.82) is 0 Å². The van der Waals surface area contributed by atoms with Gasteiger partial charge in [-0.25, -0.2) is 13.2 Å². The summed E-state index contributed by atoms with van der Waals surface area (Å²) in [6, 6.07) is 10.5. The van der Waals surface area contributed by atoms with Crippen LogP contribution in [0.3, 0.4) is 0 Å². The first-order valence-electron chi connectivity index (χ1n) is 8.59. The van der Waals surface area contributed by atoms with Crippen molar-refractivity contribution < 1.29 is 27.2 Å². The maximum Gasteiger partial charge on any atom is 0.375 e. The Morgan fingerprint density at radius 1 is 1.22 bits per heavy atom. The standard InChI is InChI=1S/C19H21NO6S/c1-13(18(21)20(2)15-9-11-27(23,24)12-15)26-19(22)17-16(8-10-25-17)14-6-4-3-5-7-14/h3-8,10,13,15H,9,11-12H2,1-2H3. The summed E-state index contributed by atoms with van der Waals surface area (Å²) in [6.07, 6.45) is 0.724. The van der Waals surface area contributed by atoms with Crippen LogP contribution in [0.1, 0.15) is 23.9 Å². The second-order valence-corrected chi connectivity index (χ2v) is 8.81. The number of benzene rings is 1. The number of hydrogen-bond donors (Lipinski definition) is 0. The highest BCUT2D eigenvalue weighted by Gasteiger charge is 2.35. The van der Waals surface area contributed by atoms with Crippen LogP contribution in [-0.4, -0.2) is 55.9 Å². The highest BCUT2D eigenvalue weighted by molar-refractivity contribution is 7.91. The van der Waals surface area contributed by atoms with Crippen LogP contribution in [-0.2, 0) is 19.4 Å². The van der Waals surface area contributed by atoms with Gasteiger partial charge in [-0.15, -0.1) is 0 Å². The maximum atomic E-state index is 12.5. The van der Waals surface area contributed by atoms with Crippen LogP contribution in [0.25, 0.3) is 11.1 Å². The molecule has 1 aromatic carbocycles. The fraction of sp³-hybridized carbons (Fsp3) is 0.368. The van der Waals surface area contributed by atoms with E-state index in [1.165, 1.54) is 25.1 Å². The number of amides is 1. The van der Waals surface area contributed by atoms with Crippen molar-refractivity contribution in [2.45, 2.75) is 25.5 Å². The molecule has 1 aromatic heterocycles. The number of likely N-dealkylation sites (N-methyl/N-ethyl adjacent to an activating group) is 1. The molecule has 3 rings (SSSR count). The number of rotatable bonds is 5. The number of nitrogens with zero attached hydrogens (tertiary/aromatic N) is 1. The van der Waals surface area contributed by atoms with Crippen LogP contribution in [0.15, 0.2) is 47.1 Å². The second kappa shape index (κ2) is 7.56. The maximum absolute atomic E-state index is 12.5. The first-order valence-corrected chi connectivity index (χ1v) is 10.4. The lowest BCUT2D eigenvalue weighted by Crippen LogP contribution is -2.44. The van der Waals surface area contributed by atoms with Crippen molar-refractivity contribution in [3.63, 3.8) is 0 Å². The lowest BCUT2D eigenvalue weighted by atomic mass is 10.1. The largest absolute Gasteiger partial charge is 0.457 e. The predicted molar refractivity (Wildman–Crippen MR) is 98.9 cm³/mol. The van der Waals surface area contributed by atoms with Crippen LogP contribution in [0, 0.1) is 0 Å². The summed E-state index contributed by atoms with van der Waals surface area (Å²) in [5, 5.41) is 0. The molecular weight excluding hydrogens is 370 g/mol. The van der Waals surface area contributed by atoms with Crippen molar-refractivity contribution in [2.24, 2.45) is 0 Å². The van der Waals surface area contributed by atoms with Gasteiger partial charge in [0.15, 0.2) is 15.9 Å². The van der Waals surface area contributed by atoms with Crippen LogP contribution in [0.2, 0.25) is 0 Å². The number of carbonyl (C=O) groups excluding carboxylic acids is 2. The lowest BCUT2D eigenvalue weighted by molar-refractivity contribution is -0.140. The van der Waals surface area contributed by atoms with Gasteiger partial charge in [0.1, 0.15) is 0 Å². The van der Waals surface area contributed by atoms with E-state index in [4.69, 9.17) is 9.15 Å². The Morgan fingerprint density at radius 3 is 2.56 bits per heavy atom. The highest BCUT2D eigenvalue weighted by Crippen LogP contribution is 2.26. The molecule has 0 aliphatic carbocycles. The molecule has 2 unspecified atom stereocenters. The molecule has 27 heavy (non-hydrogen) atoms. The van der Waals surface area contributed by atoms with Gasteiger partial charge >= 0.3 is 5.97 Å². The lowest BCUT2D eigenvalue weighted by Gasteiger charge is -2.26. The average molecular weight is 391 g/mol. The third-order valence-electron chi connectivity index (χ3n) is 4.67. The van der Waals surface area contributed by atoms with Crippen LogP contribution in [0.5, 0.6) is 0 Å². The molecule has 1 saturated heterocycles. The van der Waals surface area contributed by atoms with E-state index in [2.05, 4.69) is 0 Å². The topological polar surface area (TPSA) is 93.9 Å². The smallest absolute Gasteiger partial charge is 0.375 e. The van der Waals surface area contributed by atoms with E-state index in [0.717, 1.165) is 5.56 Å². The summed E-state index contributed by atoms with van der Waals surface area (Å²) in [5.74, 6) is -1.17. The molecular formula is C19H21NO6S. The molecule has 0 saturated carbocycles. The Hall–Kier alpha value is -2.61. The van der Waals surface area contributed by atoms with E-state index < -0.39 is 33.9 Å². The molecule has 0 N–H and O–H groups in total. The molecule has 1 amide bonds. The van der Waals surface area contributed by atoms with Crippen LogP contribution >= 0.6 is 0 Å². The van der Waals surface area contributed by atoms with E-state index in [0.29, 0.717) is 12.0 Å². The fourth-order valence-electron chi connectivity index (χ4n) is 3.12. The van der Waals surface area contributed by atoms with Gasteiger partial charge in [-0.2, -0.15) is 0 Å². The summed E-state index contributed by atoms with van der Waals surface area (Å²) in [5.41, 5.74) is 1.38. The SMILES string of the molecule is CC(OC(=O)c1occc1-c1ccccc1)C(=O)N(C)C1CCS(=O)(=O)C1. The molecule has 1 aliphatic rings. The molecule has 144 valence electrons. The summed E-state index contributed by atoms with van der Waals surface area (Å²) in [7, 11) is -1.58. The number of furan rings is 1. The van der Waals surface area contributed by atoms with Crippen LogP contribution in [0.4, 0.5) is 0 Å². The predicted octanol–water partition coefficient (Wildman–Crippen LogP) is 2.14. The van der Waals surface area contributed by atoms with Gasteiger partial charge < -0.3 is 14.1 Å². The van der Waals surface area contributed by atoms with E-state index in [9.17, 15) is 18.0 Å². The van der Waals surface area contributed by atoms with Crippen LogP contribution < -0.4 is 0 Å². The summed E-state index contributed by atoms with van der Waals surface area (Å²) >= 11 is 0. The number of sulfone groups is 1. The first kappa shape index (κ1) is 19.2. The molecule has 2 heterocycles. The highest BCUT2D eigenvalue weighted by atomic mass is 32.2. The first-order chi connectivity index (χ1) is 12.8. The minimum Gasteiger partial charge on any atom is -0.457 e. The number of ether oxygens (including phenoxy) is 1. The summed E-state index contributed by atoms with van der Waals surface area (Å²) < 4.78 is 33.8. The molecule has 0 spiro atoms. The minimum atomic E-state index is -3.11. The van der Waals surface area contributed by atoms with E-state index >= 15 is 0 Å². The van der Waals surface area contributed by atoms with Gasteiger partial charge in [0.2, 0.25) is 5.76 Å². The molecule has 1 fully saturated rings. The third-order valence-corrected chi connectivity index (χ3v) is 6.42. The zero-order chi connectivity index (χ0) is 19.6. The van der Waals surface area contributed by atoms with Gasteiger partial charge in [0, 0.05) is 18.7 Å².